The summed E-state index contributed by atoms with van der Waals surface area (Å²) in [6, 6.07) is 65.3. The van der Waals surface area contributed by atoms with Crippen molar-refractivity contribution in [2.75, 3.05) is 9.80 Å². The molecule has 0 amide bonds. The number of aromatic nitrogens is 1. The number of anilines is 6. The number of hydrogen-bond donors (Lipinski definition) is 0. The lowest BCUT2D eigenvalue weighted by Crippen LogP contribution is -2.10. The second kappa shape index (κ2) is 12.7. The maximum Gasteiger partial charge on any atom is 0.0620 e. The van der Waals surface area contributed by atoms with Crippen LogP contribution < -0.4 is 9.80 Å². The molecule has 0 aliphatic carbocycles. The normalized spacial score (nSPS) is 11.9. The minimum Gasteiger partial charge on any atom is -0.310 e. The molecule has 0 N–H and O–H groups in total. The molecule has 3 nitrogen and oxygen atoms in total. The molecule has 0 aliphatic rings. The number of para-hydroxylation sites is 3. The molecule has 0 unspecified atom stereocenters. The van der Waals surface area contributed by atoms with Crippen molar-refractivity contribution in [3.8, 4) is 0 Å². The third-order valence-electron chi connectivity index (χ3n) is 11.7. The Morgan fingerprint density at radius 3 is 1.14 bits per heavy atom. The summed E-state index contributed by atoms with van der Waals surface area (Å²) >= 11 is 0. The molecular formula is C54H41N3. The Morgan fingerprint density at radius 1 is 0.298 bits per heavy atom. The van der Waals surface area contributed by atoms with Crippen molar-refractivity contribution in [2.45, 2.75) is 27.7 Å². The number of fused-ring (bicyclic) bond motifs is 8. The Kier molecular flexibility index (Phi) is 7.42. The van der Waals surface area contributed by atoms with E-state index in [2.05, 4.69) is 218 Å². The Labute approximate surface area is 332 Å². The zero-order valence-corrected chi connectivity index (χ0v) is 32.6. The summed E-state index contributed by atoms with van der Waals surface area (Å²) in [5, 5.41) is 10.1. The van der Waals surface area contributed by atoms with Crippen LogP contribution in [-0.2, 0) is 0 Å². The van der Waals surface area contributed by atoms with E-state index in [1.54, 1.807) is 0 Å². The molecule has 11 aromatic rings. The first-order valence-electron chi connectivity index (χ1n) is 19.8. The van der Waals surface area contributed by atoms with Gasteiger partial charge in [0.1, 0.15) is 0 Å². The van der Waals surface area contributed by atoms with Crippen molar-refractivity contribution < 1.29 is 0 Å². The molecule has 272 valence electrons. The van der Waals surface area contributed by atoms with Crippen molar-refractivity contribution in [3.05, 3.63) is 198 Å². The van der Waals surface area contributed by atoms with Gasteiger partial charge in [-0.05, 0) is 169 Å². The van der Waals surface area contributed by atoms with Crippen LogP contribution in [0.5, 0.6) is 0 Å². The van der Waals surface area contributed by atoms with E-state index in [9.17, 15) is 0 Å². The van der Waals surface area contributed by atoms with E-state index in [0.29, 0.717) is 0 Å². The number of aryl methyl sites for hydroxylation is 4. The molecule has 2 aromatic heterocycles. The molecule has 2 heterocycles. The monoisotopic (exact) mass is 731 g/mol. The highest BCUT2D eigenvalue weighted by Gasteiger charge is 2.21. The summed E-state index contributed by atoms with van der Waals surface area (Å²) in [6.07, 6.45) is 0. The van der Waals surface area contributed by atoms with E-state index >= 15 is 0 Å². The first-order chi connectivity index (χ1) is 27.9. The zero-order valence-electron chi connectivity index (χ0n) is 32.6. The topological polar surface area (TPSA) is 10.9 Å². The summed E-state index contributed by atoms with van der Waals surface area (Å²) in [5.41, 5.74) is 15.7. The maximum atomic E-state index is 2.52. The standard InChI is InChI=1S/C54H41N3/c1-34-22-35(2)25-46(24-34)55(42-12-7-5-8-13-42)44-20-18-38-30-50-48-16-11-17-49-51-31-39-19-21-45(29-41(39)33-53(51)57(54(48)49)52(50)32-40(38)28-44)56(43-14-9-6-10-15-43)47-26-36(3)23-37(4)27-47/h5-33H,1-4H3. The van der Waals surface area contributed by atoms with Gasteiger partial charge in [-0.3, -0.25) is 0 Å². The fourth-order valence-electron chi connectivity index (χ4n) is 9.42. The van der Waals surface area contributed by atoms with Gasteiger partial charge in [-0.2, -0.15) is 0 Å². The molecule has 0 saturated carbocycles. The van der Waals surface area contributed by atoms with E-state index in [1.807, 2.05) is 0 Å². The summed E-state index contributed by atoms with van der Waals surface area (Å²) in [4.78, 5) is 4.76. The van der Waals surface area contributed by atoms with Crippen molar-refractivity contribution in [3.63, 3.8) is 0 Å². The van der Waals surface area contributed by atoms with Crippen LogP contribution in [0, 0.1) is 27.7 Å². The molecular weight excluding hydrogens is 691 g/mol. The van der Waals surface area contributed by atoms with Gasteiger partial charge in [-0.1, -0.05) is 78.9 Å². The van der Waals surface area contributed by atoms with Crippen LogP contribution in [0.1, 0.15) is 22.3 Å². The van der Waals surface area contributed by atoms with Crippen LogP contribution in [0.2, 0.25) is 0 Å². The third kappa shape index (κ3) is 5.42. The van der Waals surface area contributed by atoms with Crippen LogP contribution in [-0.4, -0.2) is 4.40 Å². The fraction of sp³-hybridized carbons (Fsp3) is 0.0741. The van der Waals surface area contributed by atoms with Crippen molar-refractivity contribution in [1.29, 1.82) is 0 Å². The van der Waals surface area contributed by atoms with Crippen LogP contribution in [0.4, 0.5) is 34.1 Å². The molecule has 0 radical (unpaired) electrons. The lowest BCUT2D eigenvalue weighted by molar-refractivity contribution is 1.26. The maximum absolute atomic E-state index is 2.52. The van der Waals surface area contributed by atoms with Gasteiger partial charge < -0.3 is 14.2 Å². The van der Waals surface area contributed by atoms with Crippen LogP contribution in [0.3, 0.4) is 0 Å². The quantitative estimate of drug-likeness (QED) is 0.169. The predicted molar refractivity (Wildman–Crippen MR) is 244 cm³/mol. The molecule has 0 saturated heterocycles. The zero-order chi connectivity index (χ0) is 38.4. The Bertz CT molecular complexity index is 3080. The summed E-state index contributed by atoms with van der Waals surface area (Å²) in [7, 11) is 0. The van der Waals surface area contributed by atoms with Gasteiger partial charge in [-0.15, -0.1) is 0 Å². The lowest BCUT2D eigenvalue weighted by atomic mass is 10.0. The van der Waals surface area contributed by atoms with E-state index < -0.39 is 0 Å². The minimum atomic E-state index is 1.14. The van der Waals surface area contributed by atoms with Gasteiger partial charge in [-0.25, -0.2) is 0 Å². The molecule has 0 atom stereocenters. The molecule has 0 aliphatic heterocycles. The highest BCUT2D eigenvalue weighted by molar-refractivity contribution is 6.26. The average molecular weight is 732 g/mol. The summed E-state index contributed by atoms with van der Waals surface area (Å²) in [5.74, 6) is 0. The second-order valence-electron chi connectivity index (χ2n) is 15.9. The summed E-state index contributed by atoms with van der Waals surface area (Å²) < 4.78 is 2.52. The Hall–Kier alpha value is -7.10. The number of rotatable bonds is 6. The van der Waals surface area contributed by atoms with Crippen molar-refractivity contribution in [2.24, 2.45) is 0 Å². The lowest BCUT2D eigenvalue weighted by Gasteiger charge is -2.26. The largest absolute Gasteiger partial charge is 0.310 e. The van der Waals surface area contributed by atoms with Crippen LogP contribution >= 0.6 is 0 Å². The number of benzene rings is 9. The highest BCUT2D eigenvalue weighted by Crippen LogP contribution is 2.44. The predicted octanol–water partition coefficient (Wildman–Crippen LogP) is 15.3. The first kappa shape index (κ1) is 33.3. The molecule has 0 bridgehead atoms. The van der Waals surface area contributed by atoms with E-state index in [0.717, 1.165) is 22.7 Å². The van der Waals surface area contributed by atoms with Gasteiger partial charge in [0.05, 0.1) is 16.6 Å². The molecule has 0 spiro atoms. The van der Waals surface area contributed by atoms with Gasteiger partial charge in [0.25, 0.3) is 0 Å². The SMILES string of the molecule is Cc1cc(C)cc(N(c2ccccc2)c2ccc3cc4c5cccc6c7cc8ccc(N(c9ccccc9)c9cc(C)cc(C)c9)cc8cc7n(c4cc3c2)c56)c1. The second-order valence-corrected chi connectivity index (χ2v) is 15.9. The fourth-order valence-corrected chi connectivity index (χ4v) is 9.42. The van der Waals surface area contributed by atoms with E-state index in [1.165, 1.54) is 93.3 Å². The minimum absolute atomic E-state index is 1.14. The van der Waals surface area contributed by atoms with Crippen LogP contribution in [0.25, 0.3) is 59.6 Å². The van der Waals surface area contributed by atoms with Crippen molar-refractivity contribution in [1.82, 2.24) is 4.40 Å². The average Bonchev–Trinajstić information content (AvgIpc) is 3.70. The first-order valence-corrected chi connectivity index (χ1v) is 19.8. The smallest absolute Gasteiger partial charge is 0.0620 e. The van der Waals surface area contributed by atoms with E-state index in [4.69, 9.17) is 0 Å². The number of nitrogens with zero attached hydrogens (tertiary/aromatic N) is 3. The molecule has 57 heavy (non-hydrogen) atoms. The van der Waals surface area contributed by atoms with Gasteiger partial charge in [0.2, 0.25) is 0 Å². The highest BCUT2D eigenvalue weighted by atomic mass is 15.1. The Balaban J connectivity index is 1.13. The molecule has 11 rings (SSSR count). The van der Waals surface area contributed by atoms with Crippen LogP contribution in [0.15, 0.2) is 176 Å². The molecule has 3 heteroatoms. The Morgan fingerprint density at radius 2 is 0.719 bits per heavy atom. The van der Waals surface area contributed by atoms with Gasteiger partial charge >= 0.3 is 0 Å². The van der Waals surface area contributed by atoms with Gasteiger partial charge in [0, 0.05) is 55.7 Å². The summed E-state index contributed by atoms with van der Waals surface area (Å²) in [6.45, 7) is 8.71. The number of hydrogen-bond acceptors (Lipinski definition) is 2. The molecule has 0 fully saturated rings. The van der Waals surface area contributed by atoms with Gasteiger partial charge in [0.15, 0.2) is 0 Å². The van der Waals surface area contributed by atoms with Crippen molar-refractivity contribution >= 4 is 93.8 Å². The third-order valence-corrected chi connectivity index (χ3v) is 11.7. The van der Waals surface area contributed by atoms with E-state index in [-0.39, 0.29) is 0 Å². The molecule has 9 aromatic carbocycles.